The van der Waals surface area contributed by atoms with Gasteiger partial charge in [-0.2, -0.15) is 0 Å². The lowest BCUT2D eigenvalue weighted by Crippen LogP contribution is -2.30. The molecule has 0 atom stereocenters. The van der Waals surface area contributed by atoms with E-state index in [1.165, 1.54) is 80.3 Å². The third-order valence-corrected chi connectivity index (χ3v) is 7.66. The zero-order valence-electron chi connectivity index (χ0n) is 24.6. The van der Waals surface area contributed by atoms with Crippen LogP contribution in [-0.4, -0.2) is 52.5 Å². The first-order valence-electron chi connectivity index (χ1n) is 14.7. The van der Waals surface area contributed by atoms with Crippen LogP contribution >= 0.6 is 11.6 Å². The van der Waals surface area contributed by atoms with Gasteiger partial charge in [-0.05, 0) is 73.5 Å². The molecule has 0 unspecified atom stereocenters. The number of pyridine rings is 2. The van der Waals surface area contributed by atoms with Gasteiger partial charge in [0.2, 0.25) is 5.91 Å². The Balaban J connectivity index is 0.000000389. The monoisotopic (exact) mass is 578 g/mol. The van der Waals surface area contributed by atoms with E-state index in [0.717, 1.165) is 30.8 Å². The number of aromatic carboxylic acids is 1. The molecule has 1 aromatic carbocycles. The van der Waals surface area contributed by atoms with Crippen molar-refractivity contribution in [2.45, 2.75) is 77.7 Å². The van der Waals surface area contributed by atoms with Crippen molar-refractivity contribution in [3.05, 3.63) is 76.8 Å². The number of hydrogen-bond acceptors (Lipinski definition) is 5. The first-order valence-corrected chi connectivity index (χ1v) is 15.0. The van der Waals surface area contributed by atoms with Crippen LogP contribution in [0.15, 0.2) is 55.0 Å². The standard InChI is InChI=1S/C27H39N3O.C6H4ClNO2/c1-4-5-6-7-8-9-10-11-16-29(2)21-22-17-25(20-28-19-22)23-12-14-26-24(18-23)13-15-27(31)30(26)3;7-4-2-1-3-8-5(4)6(9)10/h12,14,17-20H,4-11,13,15-16,21H2,1-3H3;1-3H,(H,9,10). The molecule has 1 aliphatic heterocycles. The van der Waals surface area contributed by atoms with E-state index in [-0.39, 0.29) is 16.6 Å². The molecule has 2 aromatic heterocycles. The minimum Gasteiger partial charge on any atom is -0.476 e. The van der Waals surface area contributed by atoms with Gasteiger partial charge in [0.15, 0.2) is 5.69 Å². The average molecular weight is 579 g/mol. The average Bonchev–Trinajstić information content (AvgIpc) is 2.97. The minimum absolute atomic E-state index is 0.107. The number of fused-ring (bicyclic) bond motifs is 1. The summed E-state index contributed by atoms with van der Waals surface area (Å²) in [5.41, 5.74) is 5.77. The molecule has 4 rings (SSSR count). The molecule has 0 fully saturated rings. The lowest BCUT2D eigenvalue weighted by Gasteiger charge is -2.26. The van der Waals surface area contributed by atoms with Crippen molar-refractivity contribution in [1.82, 2.24) is 14.9 Å². The Hall–Kier alpha value is -3.29. The van der Waals surface area contributed by atoms with E-state index in [4.69, 9.17) is 16.7 Å². The Bertz CT molecular complexity index is 1280. The Kier molecular flexibility index (Phi) is 13.2. The topological polar surface area (TPSA) is 86.6 Å². The highest BCUT2D eigenvalue weighted by Crippen LogP contribution is 2.31. The Morgan fingerprint density at radius 2 is 1.73 bits per heavy atom. The van der Waals surface area contributed by atoms with E-state index < -0.39 is 5.97 Å². The van der Waals surface area contributed by atoms with E-state index in [1.807, 2.05) is 19.4 Å². The van der Waals surface area contributed by atoms with Crippen molar-refractivity contribution in [3.8, 4) is 11.1 Å². The number of aromatic nitrogens is 2. The van der Waals surface area contributed by atoms with Crippen LogP contribution in [0.3, 0.4) is 0 Å². The normalized spacial score (nSPS) is 12.6. The molecular formula is C33H43ClN4O3. The fourth-order valence-electron chi connectivity index (χ4n) is 5.02. The summed E-state index contributed by atoms with van der Waals surface area (Å²) in [5.74, 6) is -0.908. The molecule has 0 aliphatic carbocycles. The third-order valence-electron chi connectivity index (χ3n) is 7.36. The molecule has 0 bridgehead atoms. The molecule has 1 N–H and O–H groups in total. The van der Waals surface area contributed by atoms with Crippen LogP contribution in [-0.2, 0) is 17.8 Å². The van der Waals surface area contributed by atoms with Gasteiger partial charge < -0.3 is 14.9 Å². The number of carboxylic acid groups (broad SMARTS) is 1. The fourth-order valence-corrected chi connectivity index (χ4v) is 5.22. The SMILES string of the molecule is CCCCCCCCCCN(C)Cc1cncc(-c2ccc3c(c2)CCC(=O)N3C)c1.O=C(O)c1ncccc1Cl. The van der Waals surface area contributed by atoms with Gasteiger partial charge in [-0.15, -0.1) is 0 Å². The molecule has 1 aliphatic rings. The summed E-state index contributed by atoms with van der Waals surface area (Å²) < 4.78 is 0. The highest BCUT2D eigenvalue weighted by atomic mass is 35.5. The second-order valence-corrected chi connectivity index (χ2v) is 11.1. The van der Waals surface area contributed by atoms with Crippen LogP contribution in [0.4, 0.5) is 5.69 Å². The second-order valence-electron chi connectivity index (χ2n) is 10.7. The number of amides is 1. The van der Waals surface area contributed by atoms with Gasteiger partial charge in [0, 0.05) is 49.9 Å². The van der Waals surface area contributed by atoms with E-state index in [1.54, 1.807) is 11.0 Å². The number of unbranched alkanes of at least 4 members (excludes halogenated alkanes) is 7. The van der Waals surface area contributed by atoms with E-state index in [0.29, 0.717) is 6.42 Å². The maximum atomic E-state index is 11.9. The van der Waals surface area contributed by atoms with Crippen LogP contribution < -0.4 is 4.90 Å². The number of benzene rings is 1. The van der Waals surface area contributed by atoms with E-state index in [9.17, 15) is 9.59 Å². The highest BCUT2D eigenvalue weighted by Gasteiger charge is 2.21. The number of hydrogen-bond donors (Lipinski definition) is 1. The van der Waals surface area contributed by atoms with E-state index >= 15 is 0 Å². The van der Waals surface area contributed by atoms with Crippen molar-refractivity contribution < 1.29 is 14.7 Å². The van der Waals surface area contributed by atoms with Gasteiger partial charge in [0.05, 0.1) is 5.02 Å². The summed E-state index contributed by atoms with van der Waals surface area (Å²) in [4.78, 5) is 34.4. The Morgan fingerprint density at radius 3 is 2.41 bits per heavy atom. The molecule has 41 heavy (non-hydrogen) atoms. The van der Waals surface area contributed by atoms with Crippen molar-refractivity contribution >= 4 is 29.2 Å². The number of halogens is 1. The van der Waals surface area contributed by atoms with Gasteiger partial charge in [0.1, 0.15) is 0 Å². The predicted molar refractivity (Wildman–Crippen MR) is 167 cm³/mol. The number of anilines is 1. The summed E-state index contributed by atoms with van der Waals surface area (Å²) in [7, 11) is 4.07. The second kappa shape index (κ2) is 16.8. The predicted octanol–water partition coefficient (Wildman–Crippen LogP) is 7.66. The summed E-state index contributed by atoms with van der Waals surface area (Å²) in [6, 6.07) is 11.7. The maximum absolute atomic E-state index is 11.9. The summed E-state index contributed by atoms with van der Waals surface area (Å²) in [6.07, 6.45) is 17.6. The van der Waals surface area contributed by atoms with Gasteiger partial charge in [-0.1, -0.05) is 69.5 Å². The molecule has 3 heterocycles. The molecule has 1 amide bonds. The van der Waals surface area contributed by atoms with Gasteiger partial charge in [-0.3, -0.25) is 9.78 Å². The Morgan fingerprint density at radius 1 is 1.00 bits per heavy atom. The first-order chi connectivity index (χ1) is 19.8. The smallest absolute Gasteiger partial charge is 0.356 e. The largest absolute Gasteiger partial charge is 0.476 e. The maximum Gasteiger partial charge on any atom is 0.356 e. The Labute approximate surface area is 249 Å². The van der Waals surface area contributed by atoms with Crippen molar-refractivity contribution in [2.75, 3.05) is 25.5 Å². The molecular weight excluding hydrogens is 536 g/mol. The van der Waals surface area contributed by atoms with Crippen molar-refractivity contribution in [1.29, 1.82) is 0 Å². The highest BCUT2D eigenvalue weighted by molar-refractivity contribution is 6.33. The van der Waals surface area contributed by atoms with Crippen LogP contribution in [0.25, 0.3) is 11.1 Å². The van der Waals surface area contributed by atoms with Crippen LogP contribution in [0.2, 0.25) is 5.02 Å². The number of rotatable bonds is 13. The number of carbonyl (C=O) groups excluding carboxylic acids is 1. The number of carboxylic acids is 1. The molecule has 0 saturated carbocycles. The molecule has 0 spiro atoms. The lowest BCUT2D eigenvalue weighted by molar-refractivity contribution is -0.118. The zero-order chi connectivity index (χ0) is 29.6. The molecule has 0 saturated heterocycles. The first kappa shape index (κ1) is 32.2. The van der Waals surface area contributed by atoms with Crippen molar-refractivity contribution in [3.63, 3.8) is 0 Å². The molecule has 0 radical (unpaired) electrons. The number of nitrogens with zero attached hydrogens (tertiary/aromatic N) is 4. The molecule has 220 valence electrons. The molecule has 7 nitrogen and oxygen atoms in total. The summed E-state index contributed by atoms with van der Waals surface area (Å²) in [5, 5.41) is 8.58. The van der Waals surface area contributed by atoms with Gasteiger partial charge >= 0.3 is 5.97 Å². The van der Waals surface area contributed by atoms with Crippen LogP contribution in [0.5, 0.6) is 0 Å². The third kappa shape index (κ3) is 10.2. The molecule has 8 heteroatoms. The van der Waals surface area contributed by atoms with Crippen LogP contribution in [0.1, 0.15) is 86.3 Å². The van der Waals surface area contributed by atoms with Gasteiger partial charge in [0.25, 0.3) is 0 Å². The zero-order valence-corrected chi connectivity index (χ0v) is 25.4. The van der Waals surface area contributed by atoms with E-state index in [2.05, 4.69) is 53.1 Å². The van der Waals surface area contributed by atoms with Crippen LogP contribution in [0, 0.1) is 0 Å². The summed E-state index contributed by atoms with van der Waals surface area (Å²) >= 11 is 5.48. The fraction of sp³-hybridized carbons (Fsp3) is 0.455. The van der Waals surface area contributed by atoms with Gasteiger partial charge in [-0.25, -0.2) is 9.78 Å². The molecule has 3 aromatic rings. The summed E-state index contributed by atoms with van der Waals surface area (Å²) in [6.45, 7) is 4.34. The quantitative estimate of drug-likeness (QED) is 0.209. The number of carbonyl (C=O) groups is 2. The number of aryl methyl sites for hydroxylation is 1. The van der Waals surface area contributed by atoms with Crippen molar-refractivity contribution in [2.24, 2.45) is 0 Å². The minimum atomic E-state index is -1.11. The lowest BCUT2D eigenvalue weighted by atomic mass is 9.96.